The molecular formula is C13H11N3O5. The van der Waals surface area contributed by atoms with Crippen molar-refractivity contribution in [3.8, 4) is 5.88 Å². The number of rotatable bonds is 4. The number of pyridine rings is 1. The number of hydrogen-bond acceptors (Lipinski definition) is 6. The van der Waals surface area contributed by atoms with Crippen molar-refractivity contribution in [2.45, 2.75) is 6.10 Å². The van der Waals surface area contributed by atoms with Crippen LogP contribution in [0.15, 0.2) is 40.9 Å². The van der Waals surface area contributed by atoms with Crippen LogP contribution in [0, 0.1) is 10.1 Å². The van der Waals surface area contributed by atoms with E-state index in [2.05, 4.69) is 4.98 Å². The van der Waals surface area contributed by atoms with E-state index in [4.69, 9.17) is 9.15 Å². The first-order valence-electron chi connectivity index (χ1n) is 6.24. The highest BCUT2D eigenvalue weighted by molar-refractivity contribution is 5.92. The smallest absolute Gasteiger partial charge is 0.433 e. The summed E-state index contributed by atoms with van der Waals surface area (Å²) in [7, 11) is 0. The average molecular weight is 289 g/mol. The van der Waals surface area contributed by atoms with Gasteiger partial charge in [0.05, 0.1) is 19.2 Å². The zero-order valence-corrected chi connectivity index (χ0v) is 10.8. The average Bonchev–Trinajstić information content (AvgIpc) is 2.93. The molecule has 0 bridgehead atoms. The number of ether oxygens (including phenoxy) is 1. The van der Waals surface area contributed by atoms with Crippen molar-refractivity contribution < 1.29 is 18.9 Å². The summed E-state index contributed by atoms with van der Waals surface area (Å²) >= 11 is 0. The largest absolute Gasteiger partial charge is 0.471 e. The third-order valence-electron chi connectivity index (χ3n) is 3.04. The van der Waals surface area contributed by atoms with Crippen LogP contribution in [0.25, 0.3) is 0 Å². The summed E-state index contributed by atoms with van der Waals surface area (Å²) in [4.78, 5) is 27.4. The van der Waals surface area contributed by atoms with Gasteiger partial charge in [0, 0.05) is 12.3 Å². The standard InChI is InChI=1S/C13H11N3O5/c17-13(10-4-5-12(21-10)16(18)19)15-7-9(8-15)20-11-3-1-2-6-14-11/h1-6,9H,7-8H2. The minimum atomic E-state index is -0.681. The predicted molar refractivity (Wildman–Crippen MR) is 69.9 cm³/mol. The molecule has 1 saturated heterocycles. The molecular weight excluding hydrogens is 278 g/mol. The molecule has 0 atom stereocenters. The van der Waals surface area contributed by atoms with Gasteiger partial charge in [0.25, 0.3) is 5.91 Å². The third-order valence-corrected chi connectivity index (χ3v) is 3.04. The molecule has 3 heterocycles. The molecule has 1 fully saturated rings. The fourth-order valence-corrected chi connectivity index (χ4v) is 1.96. The lowest BCUT2D eigenvalue weighted by atomic mass is 10.1. The maximum absolute atomic E-state index is 12.0. The van der Waals surface area contributed by atoms with Gasteiger partial charge in [0.1, 0.15) is 11.0 Å². The van der Waals surface area contributed by atoms with Gasteiger partial charge in [-0.15, -0.1) is 0 Å². The van der Waals surface area contributed by atoms with Crippen molar-refractivity contribution in [1.82, 2.24) is 9.88 Å². The van der Waals surface area contributed by atoms with Crippen LogP contribution in [0.1, 0.15) is 10.6 Å². The van der Waals surface area contributed by atoms with E-state index in [9.17, 15) is 14.9 Å². The second-order valence-corrected chi connectivity index (χ2v) is 4.51. The molecule has 0 unspecified atom stereocenters. The number of furan rings is 1. The van der Waals surface area contributed by atoms with Gasteiger partial charge in [0.15, 0.2) is 5.76 Å². The molecule has 2 aromatic heterocycles. The van der Waals surface area contributed by atoms with E-state index in [1.807, 2.05) is 6.07 Å². The lowest BCUT2D eigenvalue weighted by molar-refractivity contribution is -0.402. The predicted octanol–water partition coefficient (Wildman–Crippen LogP) is 1.49. The van der Waals surface area contributed by atoms with Crippen LogP contribution in [-0.4, -0.2) is 39.9 Å². The van der Waals surface area contributed by atoms with E-state index in [-0.39, 0.29) is 17.8 Å². The zero-order valence-electron chi connectivity index (χ0n) is 10.8. The van der Waals surface area contributed by atoms with E-state index < -0.39 is 10.8 Å². The van der Waals surface area contributed by atoms with Crippen molar-refractivity contribution in [1.29, 1.82) is 0 Å². The molecule has 0 radical (unpaired) electrons. The van der Waals surface area contributed by atoms with Gasteiger partial charge >= 0.3 is 5.88 Å². The van der Waals surface area contributed by atoms with Crippen LogP contribution in [-0.2, 0) is 0 Å². The molecule has 1 aliphatic rings. The maximum Gasteiger partial charge on any atom is 0.433 e. The number of aromatic nitrogens is 1. The van der Waals surface area contributed by atoms with E-state index in [1.54, 1.807) is 18.3 Å². The number of hydrogen-bond donors (Lipinski definition) is 0. The van der Waals surface area contributed by atoms with Crippen molar-refractivity contribution in [2.24, 2.45) is 0 Å². The quantitative estimate of drug-likeness (QED) is 0.624. The lowest BCUT2D eigenvalue weighted by Gasteiger charge is -2.37. The second kappa shape index (κ2) is 5.23. The Morgan fingerprint density at radius 1 is 1.38 bits per heavy atom. The molecule has 0 N–H and O–H groups in total. The summed E-state index contributed by atoms with van der Waals surface area (Å²) in [6.45, 7) is 0.786. The molecule has 0 spiro atoms. The van der Waals surface area contributed by atoms with Gasteiger partial charge in [-0.3, -0.25) is 14.9 Å². The summed E-state index contributed by atoms with van der Waals surface area (Å²) in [6, 6.07) is 7.79. The van der Waals surface area contributed by atoms with E-state index in [1.165, 1.54) is 11.0 Å². The van der Waals surface area contributed by atoms with Crippen LogP contribution in [0.3, 0.4) is 0 Å². The highest BCUT2D eigenvalue weighted by atomic mass is 16.6. The van der Waals surface area contributed by atoms with Crippen molar-refractivity contribution in [3.05, 3.63) is 52.4 Å². The number of amides is 1. The van der Waals surface area contributed by atoms with Crippen LogP contribution < -0.4 is 4.74 Å². The molecule has 2 aromatic rings. The van der Waals surface area contributed by atoms with E-state index in [0.29, 0.717) is 19.0 Å². The van der Waals surface area contributed by atoms with Gasteiger partial charge in [-0.1, -0.05) is 6.07 Å². The van der Waals surface area contributed by atoms with E-state index >= 15 is 0 Å². The Bertz CT molecular complexity index is 663. The highest BCUT2D eigenvalue weighted by Gasteiger charge is 2.35. The van der Waals surface area contributed by atoms with Gasteiger partial charge in [-0.25, -0.2) is 4.98 Å². The van der Waals surface area contributed by atoms with Crippen LogP contribution in [0.4, 0.5) is 5.88 Å². The highest BCUT2D eigenvalue weighted by Crippen LogP contribution is 2.21. The van der Waals surface area contributed by atoms with Crippen LogP contribution in [0.2, 0.25) is 0 Å². The Hall–Kier alpha value is -2.90. The number of carbonyl (C=O) groups excluding carboxylic acids is 1. The molecule has 8 heteroatoms. The fourth-order valence-electron chi connectivity index (χ4n) is 1.96. The normalized spacial score (nSPS) is 14.6. The molecule has 1 aliphatic heterocycles. The Morgan fingerprint density at radius 3 is 2.81 bits per heavy atom. The topological polar surface area (TPSA) is 98.7 Å². The first-order valence-corrected chi connectivity index (χ1v) is 6.24. The van der Waals surface area contributed by atoms with Gasteiger partial charge in [0.2, 0.25) is 5.88 Å². The molecule has 108 valence electrons. The Morgan fingerprint density at radius 2 is 2.19 bits per heavy atom. The minimum Gasteiger partial charge on any atom is -0.471 e. The molecule has 3 rings (SSSR count). The lowest BCUT2D eigenvalue weighted by Crippen LogP contribution is -2.56. The van der Waals surface area contributed by atoms with Gasteiger partial charge < -0.3 is 14.1 Å². The molecule has 21 heavy (non-hydrogen) atoms. The number of likely N-dealkylation sites (tertiary alicyclic amines) is 1. The van der Waals surface area contributed by atoms with Crippen molar-refractivity contribution in [2.75, 3.05) is 13.1 Å². The molecule has 8 nitrogen and oxygen atoms in total. The first kappa shape index (κ1) is 13.1. The summed E-state index contributed by atoms with van der Waals surface area (Å²) in [5.41, 5.74) is 0. The van der Waals surface area contributed by atoms with Crippen LogP contribution in [0.5, 0.6) is 5.88 Å². The molecule has 1 amide bonds. The van der Waals surface area contributed by atoms with Gasteiger partial charge in [-0.05, 0) is 12.1 Å². The number of carbonyl (C=O) groups is 1. The maximum atomic E-state index is 12.0. The SMILES string of the molecule is O=C(c1ccc([N+](=O)[O-])o1)N1CC(Oc2ccccn2)C1. The third kappa shape index (κ3) is 2.69. The Balaban J connectivity index is 1.55. The monoisotopic (exact) mass is 289 g/mol. The summed E-state index contributed by atoms with van der Waals surface area (Å²) in [6.07, 6.45) is 1.49. The zero-order chi connectivity index (χ0) is 14.8. The minimum absolute atomic E-state index is 0.0435. The van der Waals surface area contributed by atoms with Gasteiger partial charge in [-0.2, -0.15) is 0 Å². The molecule has 0 saturated carbocycles. The second-order valence-electron chi connectivity index (χ2n) is 4.51. The first-order chi connectivity index (χ1) is 10.1. The summed E-state index contributed by atoms with van der Waals surface area (Å²) in [5, 5.41) is 10.5. The Kier molecular flexibility index (Phi) is 3.27. The molecule has 0 aromatic carbocycles. The van der Waals surface area contributed by atoms with Crippen LogP contribution >= 0.6 is 0 Å². The van der Waals surface area contributed by atoms with Crippen molar-refractivity contribution >= 4 is 11.8 Å². The fraction of sp³-hybridized carbons (Fsp3) is 0.231. The summed E-state index contributed by atoms with van der Waals surface area (Å²) in [5.74, 6) is -0.370. The number of nitro groups is 1. The molecule has 0 aliphatic carbocycles. The van der Waals surface area contributed by atoms with E-state index in [0.717, 1.165) is 6.07 Å². The van der Waals surface area contributed by atoms with Crippen molar-refractivity contribution in [3.63, 3.8) is 0 Å². The number of nitrogens with zero attached hydrogens (tertiary/aromatic N) is 3. The summed E-state index contributed by atoms with van der Waals surface area (Å²) < 4.78 is 10.4. The Labute approximate surface area is 119 Å².